The van der Waals surface area contributed by atoms with E-state index in [-0.39, 0.29) is 17.1 Å². The molecular formula is C9H10N2O3S. The molecule has 0 radical (unpaired) electrons. The van der Waals surface area contributed by atoms with Gasteiger partial charge < -0.3 is 4.74 Å². The Balaban J connectivity index is 1.93. The number of morpholine rings is 1. The second kappa shape index (κ2) is 3.01. The number of rotatable bonds is 2. The Labute approximate surface area is 87.7 Å². The lowest BCUT2D eigenvalue weighted by Crippen LogP contribution is -2.21. The van der Waals surface area contributed by atoms with Gasteiger partial charge in [0.05, 0.1) is 25.3 Å². The molecule has 2 saturated heterocycles. The summed E-state index contributed by atoms with van der Waals surface area (Å²) in [7, 11) is -3.38. The normalized spacial score (nSPS) is 33.7. The molecule has 0 N–H and O–H groups in total. The minimum Gasteiger partial charge on any atom is -0.378 e. The van der Waals surface area contributed by atoms with E-state index in [9.17, 15) is 8.42 Å². The zero-order chi connectivity index (χ0) is 10.5. The number of hydrogen-bond acceptors (Lipinski definition) is 4. The summed E-state index contributed by atoms with van der Waals surface area (Å²) in [5.74, 6) is 0. The minimum atomic E-state index is -3.38. The van der Waals surface area contributed by atoms with E-state index in [1.807, 2.05) is 0 Å². The lowest BCUT2D eigenvalue weighted by atomic mass is 10.4. The van der Waals surface area contributed by atoms with Crippen LogP contribution in [-0.2, 0) is 14.8 Å². The van der Waals surface area contributed by atoms with Crippen LogP contribution in [0.1, 0.15) is 0 Å². The van der Waals surface area contributed by atoms with Crippen molar-refractivity contribution in [2.24, 2.45) is 0 Å². The van der Waals surface area contributed by atoms with Crippen LogP contribution in [0.15, 0.2) is 29.4 Å². The first-order chi connectivity index (χ1) is 7.21. The number of aromatic nitrogens is 1. The van der Waals surface area contributed by atoms with Crippen molar-refractivity contribution in [1.29, 1.82) is 0 Å². The van der Waals surface area contributed by atoms with Crippen LogP contribution >= 0.6 is 0 Å². The average molecular weight is 226 g/mol. The van der Waals surface area contributed by atoms with Gasteiger partial charge >= 0.3 is 0 Å². The van der Waals surface area contributed by atoms with Gasteiger partial charge in [-0.3, -0.25) is 0 Å². The molecule has 0 amide bonds. The number of fused-ring (bicyclic) bond motifs is 1. The van der Waals surface area contributed by atoms with Gasteiger partial charge in [-0.2, -0.15) is 4.31 Å². The maximum Gasteiger partial charge on any atom is 0.261 e. The van der Waals surface area contributed by atoms with Crippen LogP contribution in [0, 0.1) is 0 Å². The molecule has 6 heteroatoms. The highest BCUT2D eigenvalue weighted by molar-refractivity contribution is 7.89. The molecule has 3 rings (SSSR count). The molecule has 2 aliphatic heterocycles. The third-order valence-electron chi connectivity index (χ3n) is 2.76. The Kier molecular flexibility index (Phi) is 1.86. The van der Waals surface area contributed by atoms with Crippen LogP contribution in [0.5, 0.6) is 0 Å². The van der Waals surface area contributed by atoms with Crippen LogP contribution in [0.3, 0.4) is 0 Å². The molecule has 0 aromatic carbocycles. The molecule has 2 aliphatic rings. The van der Waals surface area contributed by atoms with Gasteiger partial charge in [0.15, 0.2) is 5.03 Å². The molecule has 15 heavy (non-hydrogen) atoms. The van der Waals surface area contributed by atoms with Crippen molar-refractivity contribution in [3.63, 3.8) is 0 Å². The molecule has 2 unspecified atom stereocenters. The fraction of sp³-hybridized carbons (Fsp3) is 0.444. The van der Waals surface area contributed by atoms with Crippen molar-refractivity contribution < 1.29 is 13.2 Å². The summed E-state index contributed by atoms with van der Waals surface area (Å²) in [5, 5.41) is 0.124. The van der Waals surface area contributed by atoms with Crippen molar-refractivity contribution in [1.82, 2.24) is 9.29 Å². The summed E-state index contributed by atoms with van der Waals surface area (Å²) in [4.78, 5) is 3.87. The number of sulfonamides is 1. The average Bonchev–Trinajstić information content (AvgIpc) is 2.77. The van der Waals surface area contributed by atoms with Gasteiger partial charge in [0.1, 0.15) is 0 Å². The maximum atomic E-state index is 12.0. The highest BCUT2D eigenvalue weighted by atomic mass is 32.2. The van der Waals surface area contributed by atoms with Crippen molar-refractivity contribution in [3.05, 3.63) is 24.4 Å². The largest absolute Gasteiger partial charge is 0.378 e. The Morgan fingerprint density at radius 1 is 1.33 bits per heavy atom. The number of ether oxygens (including phenoxy) is 1. The molecular weight excluding hydrogens is 216 g/mol. The zero-order valence-electron chi connectivity index (χ0n) is 7.91. The number of nitrogens with zero attached hydrogens (tertiary/aromatic N) is 2. The third kappa shape index (κ3) is 1.29. The summed E-state index contributed by atoms with van der Waals surface area (Å²) in [5.41, 5.74) is 0. The van der Waals surface area contributed by atoms with Gasteiger partial charge in [0, 0.05) is 6.20 Å². The molecule has 80 valence electrons. The summed E-state index contributed by atoms with van der Waals surface area (Å²) >= 11 is 0. The monoisotopic (exact) mass is 226 g/mol. The molecule has 3 heterocycles. The topological polar surface area (TPSA) is 59.3 Å². The van der Waals surface area contributed by atoms with Crippen molar-refractivity contribution in [2.45, 2.75) is 17.1 Å². The molecule has 5 nitrogen and oxygen atoms in total. The van der Waals surface area contributed by atoms with E-state index in [0.29, 0.717) is 13.2 Å². The van der Waals surface area contributed by atoms with E-state index >= 15 is 0 Å². The van der Waals surface area contributed by atoms with Crippen molar-refractivity contribution >= 4 is 10.0 Å². The van der Waals surface area contributed by atoms with Gasteiger partial charge in [-0.25, -0.2) is 13.4 Å². The second-order valence-electron chi connectivity index (χ2n) is 3.68. The quantitative estimate of drug-likeness (QED) is 0.658. The van der Waals surface area contributed by atoms with E-state index in [1.54, 1.807) is 12.1 Å². The zero-order valence-corrected chi connectivity index (χ0v) is 8.72. The Morgan fingerprint density at radius 2 is 2.07 bits per heavy atom. The minimum absolute atomic E-state index is 0.0389. The molecule has 0 bridgehead atoms. The first-order valence-corrected chi connectivity index (χ1v) is 6.17. The molecule has 0 spiro atoms. The predicted molar refractivity (Wildman–Crippen MR) is 51.7 cm³/mol. The summed E-state index contributed by atoms with van der Waals surface area (Å²) < 4.78 is 30.7. The Bertz CT molecular complexity index is 463. The van der Waals surface area contributed by atoms with Gasteiger partial charge in [-0.05, 0) is 12.1 Å². The van der Waals surface area contributed by atoms with Crippen LogP contribution in [0.2, 0.25) is 0 Å². The Morgan fingerprint density at radius 3 is 2.67 bits per heavy atom. The van der Waals surface area contributed by atoms with E-state index in [2.05, 4.69) is 4.98 Å². The van der Waals surface area contributed by atoms with Crippen molar-refractivity contribution in [3.8, 4) is 0 Å². The van der Waals surface area contributed by atoms with E-state index < -0.39 is 10.0 Å². The summed E-state index contributed by atoms with van der Waals surface area (Å²) in [6, 6.07) is 4.97. The lowest BCUT2D eigenvalue weighted by molar-refractivity contribution is 0.155. The van der Waals surface area contributed by atoms with Gasteiger partial charge in [0.25, 0.3) is 10.0 Å². The molecule has 2 atom stereocenters. The Hall–Kier alpha value is -0.980. The summed E-state index contributed by atoms with van der Waals surface area (Å²) in [6.45, 7) is 1.02. The lowest BCUT2D eigenvalue weighted by Gasteiger charge is -2.08. The second-order valence-corrected chi connectivity index (χ2v) is 5.47. The van der Waals surface area contributed by atoms with Gasteiger partial charge in [-0.1, -0.05) is 6.07 Å². The standard InChI is InChI=1S/C9H10N2O3S/c12-15(13,9-3-1-2-4-10-9)11-7-5-14-6-8(7)11/h1-4,7-8H,5-6H2. The van der Waals surface area contributed by atoms with Gasteiger partial charge in [-0.15, -0.1) is 0 Å². The first kappa shape index (κ1) is 9.26. The first-order valence-electron chi connectivity index (χ1n) is 4.73. The number of hydrogen-bond donors (Lipinski definition) is 0. The van der Waals surface area contributed by atoms with Crippen LogP contribution in [-0.4, -0.2) is 43.0 Å². The van der Waals surface area contributed by atoms with Crippen LogP contribution < -0.4 is 0 Å². The molecule has 1 aromatic rings. The maximum absolute atomic E-state index is 12.0. The number of pyridine rings is 1. The molecule has 0 aliphatic carbocycles. The molecule has 2 fully saturated rings. The highest BCUT2D eigenvalue weighted by Gasteiger charge is 2.59. The highest BCUT2D eigenvalue weighted by Crippen LogP contribution is 2.39. The van der Waals surface area contributed by atoms with Gasteiger partial charge in [0.2, 0.25) is 0 Å². The van der Waals surface area contributed by atoms with E-state index in [0.717, 1.165) is 0 Å². The molecule has 0 saturated carbocycles. The third-order valence-corrected chi connectivity index (χ3v) is 4.63. The summed E-state index contributed by atoms with van der Waals surface area (Å²) in [6.07, 6.45) is 1.49. The van der Waals surface area contributed by atoms with Crippen LogP contribution in [0.25, 0.3) is 0 Å². The van der Waals surface area contributed by atoms with Crippen molar-refractivity contribution in [2.75, 3.05) is 13.2 Å². The van der Waals surface area contributed by atoms with E-state index in [1.165, 1.54) is 16.6 Å². The SMILES string of the molecule is O=S(=O)(c1ccccn1)N1C2COCC21. The van der Waals surface area contributed by atoms with Crippen LogP contribution in [0.4, 0.5) is 0 Å². The predicted octanol–water partition coefficient (Wildman–Crippen LogP) is -0.147. The molecule has 1 aromatic heterocycles. The smallest absolute Gasteiger partial charge is 0.261 e. The fourth-order valence-corrected chi connectivity index (χ4v) is 3.67. The van der Waals surface area contributed by atoms with E-state index in [4.69, 9.17) is 4.74 Å². The fourth-order valence-electron chi connectivity index (χ4n) is 1.95.